The Labute approximate surface area is 115 Å². The van der Waals surface area contributed by atoms with E-state index in [0.717, 1.165) is 10.5 Å². The number of nitrogens with zero attached hydrogens (tertiary/aromatic N) is 2. The topological polar surface area (TPSA) is 66.9 Å². The lowest BCUT2D eigenvalue weighted by Crippen LogP contribution is -2.41. The number of imide groups is 1. The zero-order valence-electron chi connectivity index (χ0n) is 10.8. The summed E-state index contributed by atoms with van der Waals surface area (Å²) in [5.41, 5.74) is 0.854. The van der Waals surface area contributed by atoms with Gasteiger partial charge in [0.25, 0.3) is 5.91 Å². The summed E-state index contributed by atoms with van der Waals surface area (Å²) in [4.78, 5) is 37.9. The number of carbonyl (C=O) groups is 3. The molecule has 6 nitrogen and oxygen atoms in total. The third kappa shape index (κ3) is 2.13. The van der Waals surface area contributed by atoms with Crippen molar-refractivity contribution in [1.82, 2.24) is 9.80 Å². The molecule has 3 amide bonds. The molecule has 2 fully saturated rings. The van der Waals surface area contributed by atoms with Gasteiger partial charge in [-0.05, 0) is 12.0 Å². The Hall–Kier alpha value is -2.37. The van der Waals surface area contributed by atoms with Crippen LogP contribution in [0.1, 0.15) is 18.4 Å². The van der Waals surface area contributed by atoms with Gasteiger partial charge in [-0.15, -0.1) is 0 Å². The van der Waals surface area contributed by atoms with Crippen LogP contribution in [0.15, 0.2) is 30.3 Å². The molecule has 0 spiro atoms. The molecule has 0 N–H and O–H groups in total. The Morgan fingerprint density at radius 3 is 2.70 bits per heavy atom. The summed E-state index contributed by atoms with van der Waals surface area (Å²) >= 11 is 0. The van der Waals surface area contributed by atoms with Gasteiger partial charge in [0.15, 0.2) is 0 Å². The predicted octanol–water partition coefficient (Wildman–Crippen LogP) is 1.11. The summed E-state index contributed by atoms with van der Waals surface area (Å²) in [6, 6.07) is 9.25. The molecule has 2 saturated heterocycles. The van der Waals surface area contributed by atoms with Crippen molar-refractivity contribution in [2.75, 3.05) is 6.54 Å². The summed E-state index contributed by atoms with van der Waals surface area (Å²) in [7, 11) is 0. The number of hydrogen-bond donors (Lipinski definition) is 0. The van der Waals surface area contributed by atoms with Gasteiger partial charge in [-0.2, -0.15) is 0 Å². The Balaban J connectivity index is 1.65. The van der Waals surface area contributed by atoms with Crippen LogP contribution >= 0.6 is 0 Å². The second-order valence-electron chi connectivity index (χ2n) is 4.84. The molecule has 2 aliphatic rings. The molecule has 0 aliphatic carbocycles. The molecule has 1 atom stereocenters. The van der Waals surface area contributed by atoms with Crippen molar-refractivity contribution < 1.29 is 19.1 Å². The van der Waals surface area contributed by atoms with E-state index in [2.05, 4.69) is 0 Å². The molecule has 0 radical (unpaired) electrons. The lowest BCUT2D eigenvalue weighted by molar-refractivity contribution is -0.130. The average molecular weight is 274 g/mol. The van der Waals surface area contributed by atoms with Gasteiger partial charge in [0.05, 0.1) is 0 Å². The first-order valence-corrected chi connectivity index (χ1v) is 6.49. The quantitative estimate of drug-likeness (QED) is 0.810. The first-order chi connectivity index (χ1) is 9.66. The molecule has 0 unspecified atom stereocenters. The van der Waals surface area contributed by atoms with Gasteiger partial charge in [-0.25, -0.2) is 9.69 Å². The lowest BCUT2D eigenvalue weighted by atomic mass is 10.2. The number of hydrogen-bond acceptors (Lipinski definition) is 4. The van der Waals surface area contributed by atoms with Crippen LogP contribution in [0.4, 0.5) is 4.79 Å². The van der Waals surface area contributed by atoms with Crippen LogP contribution in [0.5, 0.6) is 0 Å². The van der Waals surface area contributed by atoms with E-state index in [1.54, 1.807) is 0 Å². The minimum atomic E-state index is -0.680. The molecule has 0 aromatic heterocycles. The van der Waals surface area contributed by atoms with Crippen molar-refractivity contribution in [3.05, 3.63) is 35.9 Å². The molecule has 2 aliphatic heterocycles. The molecule has 3 rings (SSSR count). The Morgan fingerprint density at radius 2 is 1.95 bits per heavy atom. The number of benzene rings is 1. The van der Waals surface area contributed by atoms with E-state index in [0.29, 0.717) is 12.8 Å². The van der Waals surface area contributed by atoms with E-state index < -0.39 is 12.3 Å². The van der Waals surface area contributed by atoms with Crippen molar-refractivity contribution in [2.24, 2.45) is 0 Å². The molecular weight excluding hydrogens is 260 g/mol. The van der Waals surface area contributed by atoms with Crippen LogP contribution in [-0.4, -0.2) is 40.4 Å². The third-order valence-electron chi connectivity index (χ3n) is 3.57. The SMILES string of the molecule is O=C1CC[C@H]2N1CC(=O)N2C(=O)OCc1ccccc1. The first-order valence-electron chi connectivity index (χ1n) is 6.49. The largest absolute Gasteiger partial charge is 0.444 e. The zero-order chi connectivity index (χ0) is 14.1. The summed E-state index contributed by atoms with van der Waals surface area (Å²) in [5, 5.41) is 0. The van der Waals surface area contributed by atoms with Crippen LogP contribution < -0.4 is 0 Å². The van der Waals surface area contributed by atoms with Crippen molar-refractivity contribution in [3.8, 4) is 0 Å². The lowest BCUT2D eigenvalue weighted by Gasteiger charge is -2.21. The van der Waals surface area contributed by atoms with E-state index in [1.807, 2.05) is 30.3 Å². The normalized spacial score (nSPS) is 21.3. The standard InChI is InChI=1S/C14H14N2O4/c17-12-7-6-11-15(12)8-13(18)16(11)14(19)20-9-10-4-2-1-3-5-10/h1-5,11H,6-9H2/t11-/m0/s1. The Bertz CT molecular complexity index is 558. The molecular formula is C14H14N2O4. The fourth-order valence-corrected chi connectivity index (χ4v) is 2.58. The highest BCUT2D eigenvalue weighted by Crippen LogP contribution is 2.28. The predicted molar refractivity (Wildman–Crippen MR) is 68.2 cm³/mol. The fraction of sp³-hybridized carbons (Fsp3) is 0.357. The maximum Gasteiger partial charge on any atom is 0.418 e. The number of carbonyl (C=O) groups excluding carboxylic acids is 3. The highest BCUT2D eigenvalue weighted by atomic mass is 16.6. The highest BCUT2D eigenvalue weighted by molar-refractivity contribution is 5.99. The highest BCUT2D eigenvalue weighted by Gasteiger charge is 2.48. The second-order valence-corrected chi connectivity index (χ2v) is 4.84. The summed E-state index contributed by atoms with van der Waals surface area (Å²) in [6.07, 6.45) is -0.273. The zero-order valence-corrected chi connectivity index (χ0v) is 10.8. The van der Waals surface area contributed by atoms with E-state index >= 15 is 0 Å². The summed E-state index contributed by atoms with van der Waals surface area (Å²) < 4.78 is 5.15. The smallest absolute Gasteiger partial charge is 0.418 e. The minimum Gasteiger partial charge on any atom is -0.444 e. The van der Waals surface area contributed by atoms with E-state index in [-0.39, 0.29) is 25.0 Å². The molecule has 20 heavy (non-hydrogen) atoms. The van der Waals surface area contributed by atoms with Crippen molar-refractivity contribution in [2.45, 2.75) is 25.6 Å². The van der Waals surface area contributed by atoms with Crippen LogP contribution in [0.3, 0.4) is 0 Å². The van der Waals surface area contributed by atoms with Crippen LogP contribution in [0, 0.1) is 0 Å². The van der Waals surface area contributed by atoms with Gasteiger partial charge in [-0.3, -0.25) is 9.59 Å². The maximum atomic E-state index is 12.0. The summed E-state index contributed by atoms with van der Waals surface area (Å²) in [5.74, 6) is -0.456. The van der Waals surface area contributed by atoms with E-state index in [1.165, 1.54) is 4.90 Å². The third-order valence-corrected chi connectivity index (χ3v) is 3.57. The summed E-state index contributed by atoms with van der Waals surface area (Å²) in [6.45, 7) is 0.0913. The van der Waals surface area contributed by atoms with Crippen LogP contribution in [0.2, 0.25) is 0 Å². The molecule has 2 heterocycles. The van der Waals surface area contributed by atoms with Crippen LogP contribution in [0.25, 0.3) is 0 Å². The first kappa shape index (κ1) is 12.7. The second kappa shape index (κ2) is 4.96. The minimum absolute atomic E-state index is 0.0239. The molecule has 6 heteroatoms. The Morgan fingerprint density at radius 1 is 1.20 bits per heavy atom. The maximum absolute atomic E-state index is 12.0. The monoisotopic (exact) mass is 274 g/mol. The number of rotatable bonds is 2. The molecule has 0 saturated carbocycles. The van der Waals surface area contributed by atoms with Crippen LogP contribution in [-0.2, 0) is 20.9 Å². The van der Waals surface area contributed by atoms with Crippen molar-refractivity contribution >= 4 is 17.9 Å². The van der Waals surface area contributed by atoms with Gasteiger partial charge in [0, 0.05) is 6.42 Å². The molecule has 1 aromatic carbocycles. The number of amides is 3. The van der Waals surface area contributed by atoms with Gasteiger partial charge in [0.2, 0.25) is 5.91 Å². The number of fused-ring (bicyclic) bond motifs is 1. The van der Waals surface area contributed by atoms with E-state index in [4.69, 9.17) is 4.74 Å². The number of ether oxygens (including phenoxy) is 1. The van der Waals surface area contributed by atoms with Crippen molar-refractivity contribution in [3.63, 3.8) is 0 Å². The molecule has 0 bridgehead atoms. The molecule has 104 valence electrons. The Kier molecular flexibility index (Phi) is 3.14. The van der Waals surface area contributed by atoms with Gasteiger partial charge in [0.1, 0.15) is 19.3 Å². The molecule has 1 aromatic rings. The average Bonchev–Trinajstić information content (AvgIpc) is 2.96. The van der Waals surface area contributed by atoms with E-state index in [9.17, 15) is 14.4 Å². The van der Waals surface area contributed by atoms with Gasteiger partial charge < -0.3 is 9.64 Å². The fourth-order valence-electron chi connectivity index (χ4n) is 2.58. The van der Waals surface area contributed by atoms with Crippen molar-refractivity contribution in [1.29, 1.82) is 0 Å². The van der Waals surface area contributed by atoms with Gasteiger partial charge >= 0.3 is 6.09 Å². The van der Waals surface area contributed by atoms with Gasteiger partial charge in [-0.1, -0.05) is 30.3 Å².